The van der Waals surface area contributed by atoms with Crippen molar-refractivity contribution >= 4 is 21.8 Å². The maximum Gasteiger partial charge on any atom is 0.256 e. The second kappa shape index (κ2) is 4.52. The van der Waals surface area contributed by atoms with Gasteiger partial charge in [-0.1, -0.05) is 0 Å². The lowest BCUT2D eigenvalue weighted by Crippen LogP contribution is -2.22. The molecule has 0 saturated heterocycles. The van der Waals surface area contributed by atoms with Crippen LogP contribution in [0.4, 0.5) is 0 Å². The molecule has 2 aromatic heterocycles. The standard InChI is InChI=1S/C10H9BrN2O3/c1-6-4-12-8(16-6)5-13-10(14)7-2-3-15-9(7)11/h2-4H,5H2,1H3,(H,13,14). The molecule has 0 fully saturated rings. The number of aromatic nitrogens is 1. The van der Waals surface area contributed by atoms with E-state index in [-0.39, 0.29) is 12.5 Å². The molecule has 0 bridgehead atoms. The molecule has 0 radical (unpaired) electrons. The number of hydrogen-bond acceptors (Lipinski definition) is 4. The van der Waals surface area contributed by atoms with Gasteiger partial charge >= 0.3 is 0 Å². The summed E-state index contributed by atoms with van der Waals surface area (Å²) in [6, 6.07) is 1.58. The molecule has 0 atom stereocenters. The maximum atomic E-state index is 11.6. The molecule has 0 aliphatic carbocycles. The molecule has 2 rings (SSSR count). The van der Waals surface area contributed by atoms with E-state index >= 15 is 0 Å². The van der Waals surface area contributed by atoms with E-state index in [1.165, 1.54) is 6.26 Å². The summed E-state index contributed by atoms with van der Waals surface area (Å²) in [6.07, 6.45) is 3.05. The number of carbonyl (C=O) groups is 1. The molecule has 1 amide bonds. The van der Waals surface area contributed by atoms with E-state index < -0.39 is 0 Å². The SMILES string of the molecule is Cc1cnc(CNC(=O)c2ccoc2Br)o1. The molecule has 0 aliphatic heterocycles. The first kappa shape index (κ1) is 10.9. The molecule has 0 saturated carbocycles. The van der Waals surface area contributed by atoms with Gasteiger partial charge in [0.05, 0.1) is 24.6 Å². The van der Waals surface area contributed by atoms with Crippen molar-refractivity contribution in [2.75, 3.05) is 0 Å². The van der Waals surface area contributed by atoms with E-state index in [2.05, 4.69) is 26.2 Å². The monoisotopic (exact) mass is 284 g/mol. The van der Waals surface area contributed by atoms with Gasteiger partial charge in [-0.2, -0.15) is 0 Å². The predicted molar refractivity (Wildman–Crippen MR) is 58.8 cm³/mol. The Labute approximate surface area is 100.0 Å². The molecule has 1 N–H and O–H groups in total. The summed E-state index contributed by atoms with van der Waals surface area (Å²) in [4.78, 5) is 15.6. The highest BCUT2D eigenvalue weighted by atomic mass is 79.9. The van der Waals surface area contributed by atoms with Crippen LogP contribution in [-0.4, -0.2) is 10.9 Å². The lowest BCUT2D eigenvalue weighted by atomic mass is 10.3. The minimum atomic E-state index is -0.239. The van der Waals surface area contributed by atoms with E-state index in [9.17, 15) is 4.79 Å². The van der Waals surface area contributed by atoms with Crippen LogP contribution < -0.4 is 5.32 Å². The molecular weight excluding hydrogens is 276 g/mol. The van der Waals surface area contributed by atoms with Crippen LogP contribution >= 0.6 is 15.9 Å². The Hall–Kier alpha value is -1.56. The molecule has 0 aromatic carbocycles. The number of carbonyl (C=O) groups excluding carboxylic acids is 1. The van der Waals surface area contributed by atoms with Crippen LogP contribution in [0.2, 0.25) is 0 Å². The first-order chi connectivity index (χ1) is 7.66. The highest BCUT2D eigenvalue weighted by Crippen LogP contribution is 2.17. The van der Waals surface area contributed by atoms with Gasteiger partial charge in [-0.05, 0) is 28.9 Å². The quantitative estimate of drug-likeness (QED) is 0.939. The zero-order valence-electron chi connectivity index (χ0n) is 8.49. The van der Waals surface area contributed by atoms with Gasteiger partial charge in [0.15, 0.2) is 4.67 Å². The summed E-state index contributed by atoms with van der Waals surface area (Å²) in [6.45, 7) is 2.05. The molecular formula is C10H9BrN2O3. The fourth-order valence-corrected chi connectivity index (χ4v) is 1.61. The number of rotatable bonds is 3. The van der Waals surface area contributed by atoms with Crippen molar-refractivity contribution in [3.05, 3.63) is 40.4 Å². The second-order valence-electron chi connectivity index (χ2n) is 3.16. The van der Waals surface area contributed by atoms with Gasteiger partial charge in [-0.3, -0.25) is 4.79 Å². The molecule has 0 unspecified atom stereocenters. The largest absolute Gasteiger partial charge is 0.457 e. The average molecular weight is 285 g/mol. The van der Waals surface area contributed by atoms with E-state index in [1.54, 1.807) is 19.2 Å². The molecule has 16 heavy (non-hydrogen) atoms. The number of oxazole rings is 1. The van der Waals surface area contributed by atoms with Crippen molar-refractivity contribution in [2.45, 2.75) is 13.5 Å². The number of hydrogen-bond donors (Lipinski definition) is 1. The molecule has 5 nitrogen and oxygen atoms in total. The predicted octanol–water partition coefficient (Wildman–Crippen LogP) is 2.27. The number of halogens is 1. The summed E-state index contributed by atoms with van der Waals surface area (Å²) in [5.74, 6) is 0.954. The third-order valence-corrected chi connectivity index (χ3v) is 2.55. The lowest BCUT2D eigenvalue weighted by molar-refractivity contribution is 0.0945. The highest BCUT2D eigenvalue weighted by Gasteiger charge is 2.12. The van der Waals surface area contributed by atoms with Crippen LogP contribution in [0.3, 0.4) is 0 Å². The van der Waals surface area contributed by atoms with Gasteiger partial charge in [0.2, 0.25) is 5.89 Å². The van der Waals surface area contributed by atoms with Crippen LogP contribution in [0.5, 0.6) is 0 Å². The smallest absolute Gasteiger partial charge is 0.256 e. The van der Waals surface area contributed by atoms with Gasteiger partial charge in [0, 0.05) is 0 Å². The van der Waals surface area contributed by atoms with Gasteiger partial charge < -0.3 is 14.2 Å². The van der Waals surface area contributed by atoms with Crippen molar-refractivity contribution in [1.29, 1.82) is 0 Å². The van der Waals surface area contributed by atoms with Crippen molar-refractivity contribution in [3.63, 3.8) is 0 Å². The van der Waals surface area contributed by atoms with E-state index in [1.807, 2.05) is 0 Å². The minimum Gasteiger partial charge on any atom is -0.457 e. The molecule has 2 heterocycles. The fourth-order valence-electron chi connectivity index (χ4n) is 1.19. The van der Waals surface area contributed by atoms with Crippen LogP contribution in [0.15, 0.2) is 32.0 Å². The number of furan rings is 1. The minimum absolute atomic E-state index is 0.239. The van der Waals surface area contributed by atoms with Crippen molar-refractivity contribution in [3.8, 4) is 0 Å². The van der Waals surface area contributed by atoms with Crippen molar-refractivity contribution in [2.24, 2.45) is 0 Å². The number of nitrogens with one attached hydrogen (secondary N) is 1. The summed E-state index contributed by atoms with van der Waals surface area (Å²) in [5.41, 5.74) is 0.447. The molecule has 6 heteroatoms. The Bertz CT molecular complexity index is 504. The van der Waals surface area contributed by atoms with Crippen LogP contribution in [0, 0.1) is 6.92 Å². The van der Waals surface area contributed by atoms with E-state index in [4.69, 9.17) is 8.83 Å². The van der Waals surface area contributed by atoms with Crippen LogP contribution in [0.25, 0.3) is 0 Å². The summed E-state index contributed by atoms with van der Waals surface area (Å²) in [7, 11) is 0. The molecule has 84 valence electrons. The molecule has 0 aliphatic rings. The average Bonchev–Trinajstić information content (AvgIpc) is 2.84. The Morgan fingerprint density at radius 2 is 2.44 bits per heavy atom. The first-order valence-corrected chi connectivity index (χ1v) is 5.38. The van der Waals surface area contributed by atoms with Crippen molar-refractivity contribution < 1.29 is 13.6 Å². The van der Waals surface area contributed by atoms with Gasteiger partial charge in [0.1, 0.15) is 5.76 Å². The number of amides is 1. The van der Waals surface area contributed by atoms with E-state index in [0.717, 1.165) is 0 Å². The van der Waals surface area contributed by atoms with Crippen LogP contribution in [-0.2, 0) is 6.54 Å². The lowest BCUT2D eigenvalue weighted by Gasteiger charge is -2.00. The van der Waals surface area contributed by atoms with Gasteiger partial charge in [0.25, 0.3) is 5.91 Å². The molecule has 2 aromatic rings. The Kier molecular flexibility index (Phi) is 3.09. The van der Waals surface area contributed by atoms with Crippen LogP contribution in [0.1, 0.15) is 22.0 Å². The third-order valence-electron chi connectivity index (χ3n) is 1.93. The van der Waals surface area contributed by atoms with Gasteiger partial charge in [-0.25, -0.2) is 4.98 Å². The second-order valence-corrected chi connectivity index (χ2v) is 3.88. The highest BCUT2D eigenvalue weighted by molar-refractivity contribution is 9.10. The Morgan fingerprint density at radius 3 is 3.00 bits per heavy atom. The number of aryl methyl sites for hydroxylation is 1. The first-order valence-electron chi connectivity index (χ1n) is 4.59. The third kappa shape index (κ3) is 2.33. The topological polar surface area (TPSA) is 68.3 Å². The zero-order chi connectivity index (χ0) is 11.5. The Balaban J connectivity index is 1.96. The van der Waals surface area contributed by atoms with E-state index in [0.29, 0.717) is 21.9 Å². The van der Waals surface area contributed by atoms with Crippen molar-refractivity contribution in [1.82, 2.24) is 10.3 Å². The van der Waals surface area contributed by atoms with Gasteiger partial charge in [-0.15, -0.1) is 0 Å². The normalized spacial score (nSPS) is 10.4. The summed E-state index contributed by atoms with van der Waals surface area (Å²) in [5, 5.41) is 2.67. The number of nitrogens with zero attached hydrogens (tertiary/aromatic N) is 1. The summed E-state index contributed by atoms with van der Waals surface area (Å²) < 4.78 is 10.6. The zero-order valence-corrected chi connectivity index (χ0v) is 10.1. The maximum absolute atomic E-state index is 11.6. The summed E-state index contributed by atoms with van der Waals surface area (Å²) >= 11 is 3.13. The molecule has 0 spiro atoms. The fraction of sp³-hybridized carbons (Fsp3) is 0.200. The Morgan fingerprint density at radius 1 is 1.62 bits per heavy atom.